The molecule has 8 nitrogen and oxygen atoms in total. The maximum absolute atomic E-state index is 13.2. The first kappa shape index (κ1) is 21.4. The molecule has 4 atom stereocenters. The molecular weight excluding hydrogens is 416 g/mol. The minimum absolute atomic E-state index is 0.149. The molecular formula is C22H34N4O4S. The average Bonchev–Trinajstić information content (AvgIpc) is 3.16. The van der Waals surface area contributed by atoms with Gasteiger partial charge in [-0.05, 0) is 54.8 Å². The van der Waals surface area contributed by atoms with Gasteiger partial charge in [0.25, 0.3) is 5.91 Å². The van der Waals surface area contributed by atoms with E-state index < -0.39 is 21.7 Å². The van der Waals surface area contributed by atoms with E-state index >= 15 is 0 Å². The molecule has 31 heavy (non-hydrogen) atoms. The van der Waals surface area contributed by atoms with Crippen molar-refractivity contribution in [2.24, 2.45) is 22.2 Å². The molecule has 0 radical (unpaired) electrons. The monoisotopic (exact) mass is 450 g/mol. The highest BCUT2D eigenvalue weighted by Crippen LogP contribution is 2.87. The van der Waals surface area contributed by atoms with Crippen LogP contribution in [0.1, 0.15) is 58.8 Å². The zero-order valence-electron chi connectivity index (χ0n) is 18.5. The number of nitrogens with one attached hydrogen (secondary N) is 3. The molecule has 9 heteroatoms. The maximum Gasteiger partial charge on any atom is 0.303 e. The quantitative estimate of drug-likeness (QED) is 0.525. The van der Waals surface area contributed by atoms with Gasteiger partial charge in [-0.15, -0.1) is 6.58 Å². The topological polar surface area (TPSA) is 108 Å². The molecule has 2 saturated heterocycles. The molecule has 3 aliphatic carbocycles. The van der Waals surface area contributed by atoms with E-state index in [4.69, 9.17) is 0 Å². The highest BCUT2D eigenvalue weighted by atomic mass is 32.2. The van der Waals surface area contributed by atoms with Crippen LogP contribution in [0.3, 0.4) is 0 Å². The second-order valence-corrected chi connectivity index (χ2v) is 12.5. The zero-order chi connectivity index (χ0) is 22.3. The van der Waals surface area contributed by atoms with Crippen LogP contribution in [0.15, 0.2) is 12.7 Å². The van der Waals surface area contributed by atoms with Crippen LogP contribution in [-0.2, 0) is 19.8 Å². The lowest BCUT2D eigenvalue weighted by atomic mass is 9.73. The van der Waals surface area contributed by atoms with Gasteiger partial charge in [-0.25, -0.2) is 4.72 Å². The Labute approximate surface area is 184 Å². The van der Waals surface area contributed by atoms with Crippen molar-refractivity contribution in [2.45, 2.75) is 70.4 Å². The lowest BCUT2D eigenvalue weighted by Crippen LogP contribution is -2.56. The van der Waals surface area contributed by atoms with Gasteiger partial charge in [0.1, 0.15) is 5.54 Å². The fraction of sp³-hybridized carbons (Fsp3) is 0.818. The van der Waals surface area contributed by atoms with Crippen LogP contribution in [0, 0.1) is 22.2 Å². The van der Waals surface area contributed by atoms with Crippen molar-refractivity contribution in [1.29, 1.82) is 0 Å². The van der Waals surface area contributed by atoms with Gasteiger partial charge in [0.2, 0.25) is 5.91 Å². The summed E-state index contributed by atoms with van der Waals surface area (Å²) in [4.78, 5) is 26.2. The fourth-order valence-corrected chi connectivity index (χ4v) is 8.54. The number of nitrogens with zero attached hydrogens (tertiary/aromatic N) is 1. The first-order valence-electron chi connectivity index (χ1n) is 11.6. The predicted molar refractivity (Wildman–Crippen MR) is 116 cm³/mol. The van der Waals surface area contributed by atoms with Gasteiger partial charge in [-0.3, -0.25) is 9.59 Å². The SMILES string of the molecule is C=C[C@@H]1C[C@]1(NC(=O)C1CC2(CN1)C(C)(C)C21CCC1)C(=O)NS(=O)(=O)N1CCCC1. The van der Waals surface area contributed by atoms with Gasteiger partial charge in [0, 0.05) is 25.6 Å². The zero-order valence-corrected chi connectivity index (χ0v) is 19.3. The number of rotatable bonds is 6. The second kappa shape index (κ2) is 6.54. The summed E-state index contributed by atoms with van der Waals surface area (Å²) in [6.07, 6.45) is 8.07. The van der Waals surface area contributed by atoms with E-state index in [1.807, 2.05) is 0 Å². The van der Waals surface area contributed by atoms with Crippen molar-refractivity contribution in [3.8, 4) is 0 Å². The first-order chi connectivity index (χ1) is 14.6. The first-order valence-corrected chi connectivity index (χ1v) is 13.0. The van der Waals surface area contributed by atoms with Crippen molar-refractivity contribution < 1.29 is 18.0 Å². The molecule has 5 fully saturated rings. The van der Waals surface area contributed by atoms with E-state index in [0.29, 0.717) is 24.9 Å². The number of amides is 2. The standard InChI is InChI=1S/C22H34N4O4S/c1-4-15-12-22(15,18(28)25-31(29,30)26-10-5-6-11-26)24-17(27)16-13-21(14-23-16)19(2,3)20(21)8-7-9-20/h4,15-16,23H,1,5-14H2,2-3H3,(H,24,27)(H,25,28)/t15-,16?,21?,22-/m1/s1. The fourth-order valence-electron chi connectivity index (χ4n) is 7.25. The highest BCUT2D eigenvalue weighted by Gasteiger charge is 2.83. The maximum atomic E-state index is 13.2. The van der Waals surface area contributed by atoms with Crippen LogP contribution in [0.2, 0.25) is 0 Å². The van der Waals surface area contributed by atoms with Crippen LogP contribution in [-0.4, -0.2) is 55.8 Å². The lowest BCUT2D eigenvalue weighted by Gasteiger charge is -2.31. The van der Waals surface area contributed by atoms with Gasteiger partial charge in [0.15, 0.2) is 0 Å². The van der Waals surface area contributed by atoms with Crippen molar-refractivity contribution in [2.75, 3.05) is 19.6 Å². The molecule has 3 saturated carbocycles. The largest absolute Gasteiger partial charge is 0.340 e. The molecule has 2 heterocycles. The van der Waals surface area contributed by atoms with E-state index in [2.05, 4.69) is 35.8 Å². The summed E-state index contributed by atoms with van der Waals surface area (Å²) in [6, 6.07) is -0.356. The molecule has 2 amide bonds. The van der Waals surface area contributed by atoms with Gasteiger partial charge < -0.3 is 10.6 Å². The van der Waals surface area contributed by atoms with Crippen molar-refractivity contribution in [3.05, 3.63) is 12.7 Å². The normalized spacial score (nSPS) is 39.8. The summed E-state index contributed by atoms with van der Waals surface area (Å²) in [5.74, 6) is -1.14. The molecule has 0 aromatic rings. The van der Waals surface area contributed by atoms with Gasteiger partial charge >= 0.3 is 10.2 Å². The van der Waals surface area contributed by atoms with E-state index in [-0.39, 0.29) is 28.7 Å². The summed E-state index contributed by atoms with van der Waals surface area (Å²) >= 11 is 0. The number of carbonyl (C=O) groups is 2. The third-order valence-corrected chi connectivity index (χ3v) is 11.1. The second-order valence-electron chi connectivity index (χ2n) is 10.8. The van der Waals surface area contributed by atoms with Crippen molar-refractivity contribution in [1.82, 2.24) is 19.7 Å². The van der Waals surface area contributed by atoms with Crippen LogP contribution in [0.4, 0.5) is 0 Å². The molecule has 172 valence electrons. The molecule has 3 N–H and O–H groups in total. The van der Waals surface area contributed by atoms with Crippen LogP contribution in [0.25, 0.3) is 0 Å². The summed E-state index contributed by atoms with van der Waals surface area (Å²) in [7, 11) is -3.89. The smallest absolute Gasteiger partial charge is 0.303 e. The van der Waals surface area contributed by atoms with Crippen molar-refractivity contribution >= 4 is 22.0 Å². The Morgan fingerprint density at radius 1 is 1.10 bits per heavy atom. The molecule has 0 aromatic carbocycles. The van der Waals surface area contributed by atoms with E-state index in [1.54, 1.807) is 6.08 Å². The third kappa shape index (κ3) is 2.69. The van der Waals surface area contributed by atoms with E-state index in [0.717, 1.165) is 25.8 Å². The minimum Gasteiger partial charge on any atom is -0.340 e. The molecule has 5 aliphatic rings. The van der Waals surface area contributed by atoms with Crippen LogP contribution in [0.5, 0.6) is 0 Å². The van der Waals surface area contributed by atoms with Crippen LogP contribution < -0.4 is 15.4 Å². The average molecular weight is 451 g/mol. The molecule has 2 aliphatic heterocycles. The number of carbonyl (C=O) groups excluding carboxylic acids is 2. The highest BCUT2D eigenvalue weighted by molar-refractivity contribution is 7.87. The number of hydrogen-bond acceptors (Lipinski definition) is 5. The summed E-state index contributed by atoms with van der Waals surface area (Å²) < 4.78 is 28.7. The molecule has 2 unspecified atom stereocenters. The summed E-state index contributed by atoms with van der Waals surface area (Å²) in [6.45, 7) is 10.1. The van der Waals surface area contributed by atoms with Gasteiger partial charge in [-0.2, -0.15) is 12.7 Å². The van der Waals surface area contributed by atoms with Crippen LogP contribution >= 0.6 is 0 Å². The summed E-state index contributed by atoms with van der Waals surface area (Å²) in [5.41, 5.74) is -0.501. The Hall–Kier alpha value is -1.45. The summed E-state index contributed by atoms with van der Waals surface area (Å²) in [5, 5.41) is 6.32. The Balaban J connectivity index is 1.27. The lowest BCUT2D eigenvalue weighted by molar-refractivity contribution is -0.130. The number of hydrogen-bond donors (Lipinski definition) is 3. The number of fused-ring (bicyclic) bond motifs is 1. The van der Waals surface area contributed by atoms with Gasteiger partial charge in [-0.1, -0.05) is 26.3 Å². The Bertz CT molecular complexity index is 937. The minimum atomic E-state index is -3.89. The molecule has 0 bridgehead atoms. The Morgan fingerprint density at radius 2 is 1.77 bits per heavy atom. The molecule has 0 aromatic heterocycles. The third-order valence-electron chi connectivity index (χ3n) is 9.65. The molecule has 2 spiro atoms. The van der Waals surface area contributed by atoms with E-state index in [1.165, 1.54) is 23.6 Å². The predicted octanol–water partition coefficient (Wildman–Crippen LogP) is 1.06. The van der Waals surface area contributed by atoms with Crippen molar-refractivity contribution in [3.63, 3.8) is 0 Å². The Kier molecular flexibility index (Phi) is 4.52. The molecule has 5 rings (SSSR count). The van der Waals surface area contributed by atoms with E-state index in [9.17, 15) is 18.0 Å². The van der Waals surface area contributed by atoms with Gasteiger partial charge in [0.05, 0.1) is 6.04 Å². The Morgan fingerprint density at radius 3 is 2.29 bits per heavy atom.